The molecule has 0 atom stereocenters. The molecule has 1 aromatic heterocycles. The average Bonchev–Trinajstić information content (AvgIpc) is 2.10. The summed E-state index contributed by atoms with van der Waals surface area (Å²) in [5, 5.41) is 2.99. The van der Waals surface area contributed by atoms with Gasteiger partial charge in [-0.05, 0) is 49.4 Å². The predicted molar refractivity (Wildman–Crippen MR) is 76.8 cm³/mol. The average molecular weight is 389 g/mol. The minimum absolute atomic E-state index is 0.143. The van der Waals surface area contributed by atoms with Gasteiger partial charge in [-0.2, -0.15) is 0 Å². The molecule has 1 rings (SSSR count). The van der Waals surface area contributed by atoms with E-state index in [1.54, 1.807) is 26.8 Å². The molecule has 1 amide bonds. The van der Waals surface area contributed by atoms with Crippen molar-refractivity contribution in [3.63, 3.8) is 0 Å². The summed E-state index contributed by atoms with van der Waals surface area (Å²) in [4.78, 5) is 15.4. The van der Waals surface area contributed by atoms with Gasteiger partial charge in [0.05, 0.1) is 5.02 Å². The van der Waals surface area contributed by atoms with E-state index in [1.165, 1.54) is 0 Å². The first-order valence-electron chi connectivity index (χ1n) is 4.70. The first-order chi connectivity index (χ1) is 7.69. The molecule has 7 heteroatoms. The van der Waals surface area contributed by atoms with Crippen LogP contribution in [0.4, 0.5) is 10.6 Å². The van der Waals surface area contributed by atoms with E-state index >= 15 is 0 Å². The highest BCUT2D eigenvalue weighted by Crippen LogP contribution is 2.27. The largest absolute Gasteiger partial charge is 0.444 e. The number of amides is 1. The van der Waals surface area contributed by atoms with Crippen molar-refractivity contribution >= 4 is 57.7 Å². The van der Waals surface area contributed by atoms with Crippen LogP contribution < -0.4 is 5.32 Å². The minimum Gasteiger partial charge on any atom is -0.444 e. The number of hydrogen-bond acceptors (Lipinski definition) is 3. The Morgan fingerprint density at radius 2 is 2.06 bits per heavy atom. The molecular weight excluding hydrogens is 378 g/mol. The standard InChI is InChI=1S/C10H11Cl2IN2O2/c1-10(2,3)17-9(16)15-6-4-5(13)7(11)8(12)14-6/h4H,1-3H3,(H,14,15,16). The van der Waals surface area contributed by atoms with Crippen LogP contribution in [0.3, 0.4) is 0 Å². The fraction of sp³-hybridized carbons (Fsp3) is 0.400. The molecule has 0 aliphatic carbocycles. The Morgan fingerprint density at radius 3 is 2.53 bits per heavy atom. The van der Waals surface area contributed by atoms with Crippen molar-refractivity contribution in [1.82, 2.24) is 4.98 Å². The number of ether oxygens (including phenoxy) is 1. The number of aromatic nitrogens is 1. The van der Waals surface area contributed by atoms with Crippen molar-refractivity contribution in [1.29, 1.82) is 0 Å². The van der Waals surface area contributed by atoms with Crippen LogP contribution >= 0.6 is 45.8 Å². The van der Waals surface area contributed by atoms with Crippen molar-refractivity contribution in [2.24, 2.45) is 0 Å². The number of carbonyl (C=O) groups excluding carboxylic acids is 1. The number of nitrogens with zero attached hydrogens (tertiary/aromatic N) is 1. The van der Waals surface area contributed by atoms with Crippen LogP contribution in [0.1, 0.15) is 20.8 Å². The fourth-order valence-corrected chi connectivity index (χ4v) is 1.94. The molecule has 0 saturated carbocycles. The van der Waals surface area contributed by atoms with Gasteiger partial charge in [-0.1, -0.05) is 23.2 Å². The summed E-state index contributed by atoms with van der Waals surface area (Å²) in [6.07, 6.45) is -0.584. The van der Waals surface area contributed by atoms with E-state index < -0.39 is 11.7 Å². The first-order valence-corrected chi connectivity index (χ1v) is 6.54. The second-order valence-electron chi connectivity index (χ2n) is 4.22. The summed E-state index contributed by atoms with van der Waals surface area (Å²) in [6, 6.07) is 1.61. The molecule has 0 saturated heterocycles. The molecule has 0 fully saturated rings. The molecule has 0 aliphatic rings. The van der Waals surface area contributed by atoms with E-state index in [2.05, 4.69) is 10.3 Å². The zero-order valence-electron chi connectivity index (χ0n) is 9.47. The van der Waals surface area contributed by atoms with Crippen molar-refractivity contribution in [2.75, 3.05) is 5.32 Å². The summed E-state index contributed by atoms with van der Waals surface area (Å²) in [5.41, 5.74) is -0.562. The van der Waals surface area contributed by atoms with Crippen LogP contribution in [0.2, 0.25) is 10.2 Å². The van der Waals surface area contributed by atoms with Gasteiger partial charge in [-0.3, -0.25) is 5.32 Å². The molecule has 1 heterocycles. The Balaban J connectivity index is 2.79. The number of hydrogen-bond donors (Lipinski definition) is 1. The van der Waals surface area contributed by atoms with E-state index in [9.17, 15) is 4.79 Å². The Bertz CT molecular complexity index is 423. The summed E-state index contributed by atoms with van der Waals surface area (Å²) >= 11 is 13.6. The Labute approximate surface area is 123 Å². The molecular formula is C10H11Cl2IN2O2. The third-order valence-corrected chi connectivity index (χ3v) is 3.42. The lowest BCUT2D eigenvalue weighted by molar-refractivity contribution is 0.0635. The van der Waals surface area contributed by atoms with Gasteiger partial charge in [-0.15, -0.1) is 0 Å². The van der Waals surface area contributed by atoms with E-state index in [0.29, 0.717) is 14.4 Å². The maximum Gasteiger partial charge on any atom is 0.413 e. The maximum atomic E-state index is 11.5. The van der Waals surface area contributed by atoms with Gasteiger partial charge < -0.3 is 4.74 Å². The number of halogens is 3. The van der Waals surface area contributed by atoms with Gasteiger partial charge >= 0.3 is 6.09 Å². The highest BCUT2D eigenvalue weighted by Gasteiger charge is 2.17. The van der Waals surface area contributed by atoms with E-state index in [0.717, 1.165) is 0 Å². The first kappa shape index (κ1) is 14.8. The van der Waals surface area contributed by atoms with Crippen LogP contribution in [0.15, 0.2) is 6.07 Å². The normalized spacial score (nSPS) is 11.2. The van der Waals surface area contributed by atoms with Gasteiger partial charge in [0, 0.05) is 3.57 Å². The quantitative estimate of drug-likeness (QED) is 0.575. The van der Waals surface area contributed by atoms with Crippen molar-refractivity contribution < 1.29 is 9.53 Å². The highest BCUT2D eigenvalue weighted by molar-refractivity contribution is 14.1. The second kappa shape index (κ2) is 5.58. The zero-order valence-corrected chi connectivity index (χ0v) is 13.1. The molecule has 0 radical (unpaired) electrons. The molecule has 4 nitrogen and oxygen atoms in total. The third-order valence-electron chi connectivity index (χ3n) is 1.50. The summed E-state index contributed by atoms with van der Waals surface area (Å²) in [6.45, 7) is 5.33. The van der Waals surface area contributed by atoms with Gasteiger partial charge in [0.25, 0.3) is 0 Å². The van der Waals surface area contributed by atoms with Crippen molar-refractivity contribution in [3.05, 3.63) is 19.8 Å². The Kier molecular flexibility index (Phi) is 4.86. The van der Waals surface area contributed by atoms with Gasteiger partial charge in [0.1, 0.15) is 11.4 Å². The molecule has 0 unspecified atom stereocenters. The van der Waals surface area contributed by atoms with E-state index in [1.807, 2.05) is 22.6 Å². The highest BCUT2D eigenvalue weighted by atomic mass is 127. The number of pyridine rings is 1. The summed E-state index contributed by atoms with van der Waals surface area (Å²) in [7, 11) is 0. The van der Waals surface area contributed by atoms with Gasteiger partial charge in [0.15, 0.2) is 5.15 Å². The Morgan fingerprint density at radius 1 is 1.47 bits per heavy atom. The molecule has 17 heavy (non-hydrogen) atoms. The van der Waals surface area contributed by atoms with Gasteiger partial charge in [-0.25, -0.2) is 9.78 Å². The van der Waals surface area contributed by atoms with E-state index in [-0.39, 0.29) is 5.15 Å². The molecule has 0 bridgehead atoms. The summed E-state index contributed by atoms with van der Waals surface area (Å²) in [5.74, 6) is 0.304. The van der Waals surface area contributed by atoms with Crippen molar-refractivity contribution in [3.8, 4) is 0 Å². The van der Waals surface area contributed by atoms with Crippen LogP contribution in [0.5, 0.6) is 0 Å². The molecule has 1 N–H and O–H groups in total. The Hall–Kier alpha value is -0.270. The number of carbonyl (C=O) groups is 1. The lowest BCUT2D eigenvalue weighted by Gasteiger charge is -2.19. The zero-order chi connectivity index (χ0) is 13.2. The SMILES string of the molecule is CC(C)(C)OC(=O)Nc1cc(I)c(Cl)c(Cl)n1. The molecule has 94 valence electrons. The van der Waals surface area contributed by atoms with Crippen LogP contribution in [-0.2, 0) is 4.74 Å². The van der Waals surface area contributed by atoms with E-state index in [4.69, 9.17) is 27.9 Å². The lowest BCUT2D eigenvalue weighted by Crippen LogP contribution is -2.27. The van der Waals surface area contributed by atoms with Crippen LogP contribution in [0, 0.1) is 3.57 Å². The predicted octanol–water partition coefficient (Wildman–Crippen LogP) is 4.34. The summed E-state index contributed by atoms with van der Waals surface area (Å²) < 4.78 is 5.79. The molecule has 1 aromatic rings. The fourth-order valence-electron chi connectivity index (χ4n) is 0.941. The van der Waals surface area contributed by atoms with Crippen molar-refractivity contribution in [2.45, 2.75) is 26.4 Å². The minimum atomic E-state index is -0.584. The second-order valence-corrected chi connectivity index (χ2v) is 6.12. The maximum absolute atomic E-state index is 11.5. The topological polar surface area (TPSA) is 51.2 Å². The van der Waals surface area contributed by atoms with Gasteiger partial charge in [0.2, 0.25) is 0 Å². The molecule has 0 aliphatic heterocycles. The molecule has 0 aromatic carbocycles. The third kappa shape index (κ3) is 4.85. The smallest absolute Gasteiger partial charge is 0.413 e. The number of anilines is 1. The number of nitrogens with one attached hydrogen (secondary N) is 1. The lowest BCUT2D eigenvalue weighted by atomic mass is 10.2. The molecule has 0 spiro atoms. The van der Waals surface area contributed by atoms with Crippen LogP contribution in [0.25, 0.3) is 0 Å². The monoisotopic (exact) mass is 388 g/mol. The van der Waals surface area contributed by atoms with Crippen LogP contribution in [-0.4, -0.2) is 16.7 Å². The number of rotatable bonds is 1.